The molecule has 1 aliphatic heterocycles. The topological polar surface area (TPSA) is 59.9 Å². The van der Waals surface area contributed by atoms with Crippen molar-refractivity contribution >= 4 is 22.9 Å². The quantitative estimate of drug-likeness (QED) is 0.610. The molecule has 2 aliphatic rings. The molecule has 96 valence electrons. The minimum atomic E-state index is -0.455. The molecule has 0 spiro atoms. The van der Waals surface area contributed by atoms with Gasteiger partial charge >= 0.3 is 6.09 Å². The first-order chi connectivity index (χ1) is 8.25. The molecule has 1 heterocycles. The number of hydrogen-bond acceptors (Lipinski definition) is 5. The molecule has 1 unspecified atom stereocenters. The lowest BCUT2D eigenvalue weighted by Crippen LogP contribution is -2.36. The first-order valence-corrected chi connectivity index (χ1v) is 7.04. The van der Waals surface area contributed by atoms with Crippen LogP contribution in [0.5, 0.6) is 0 Å². The zero-order valence-corrected chi connectivity index (χ0v) is 10.8. The van der Waals surface area contributed by atoms with Gasteiger partial charge in [0.25, 0.3) is 0 Å². The van der Waals surface area contributed by atoms with E-state index in [1.807, 2.05) is 6.92 Å². The second kappa shape index (κ2) is 6.26. The highest BCUT2D eigenvalue weighted by atomic mass is 32.2. The molecule has 0 aromatic rings. The van der Waals surface area contributed by atoms with Crippen molar-refractivity contribution in [3.8, 4) is 0 Å². The minimum absolute atomic E-state index is 0.0671. The number of thioether (sulfide) groups is 1. The lowest BCUT2D eigenvalue weighted by Gasteiger charge is -2.21. The maximum Gasteiger partial charge on any atom is 0.433 e. The second-order valence-electron chi connectivity index (χ2n) is 4.36. The Kier molecular flexibility index (Phi) is 4.67. The van der Waals surface area contributed by atoms with E-state index in [1.54, 1.807) is 0 Å². The Bertz CT molecular complexity index is 303. The number of ether oxygens (including phenoxy) is 1. The Morgan fingerprint density at radius 2 is 2.24 bits per heavy atom. The SMILES string of the molecule is CC1OCSC1=NOC(=O)NC1CCCCC1. The van der Waals surface area contributed by atoms with Gasteiger partial charge in [0, 0.05) is 6.04 Å². The third-order valence-electron chi connectivity index (χ3n) is 3.02. The molecule has 5 nitrogen and oxygen atoms in total. The van der Waals surface area contributed by atoms with E-state index in [1.165, 1.54) is 31.0 Å². The zero-order chi connectivity index (χ0) is 12.1. The van der Waals surface area contributed by atoms with E-state index in [2.05, 4.69) is 10.5 Å². The molecule has 2 rings (SSSR count). The summed E-state index contributed by atoms with van der Waals surface area (Å²) in [5, 5.41) is 7.38. The van der Waals surface area contributed by atoms with E-state index in [9.17, 15) is 4.79 Å². The van der Waals surface area contributed by atoms with E-state index in [0.717, 1.165) is 17.9 Å². The predicted molar refractivity (Wildman–Crippen MR) is 66.9 cm³/mol. The summed E-state index contributed by atoms with van der Waals surface area (Å²) in [6.45, 7) is 1.89. The van der Waals surface area contributed by atoms with Gasteiger partial charge < -0.3 is 10.1 Å². The predicted octanol–water partition coefficient (Wildman–Crippen LogP) is 2.47. The Morgan fingerprint density at radius 3 is 2.88 bits per heavy atom. The van der Waals surface area contributed by atoms with Gasteiger partial charge in [0.05, 0.1) is 5.94 Å². The van der Waals surface area contributed by atoms with Gasteiger partial charge in [-0.05, 0) is 19.8 Å². The number of hydrogen-bond donors (Lipinski definition) is 1. The van der Waals surface area contributed by atoms with Crippen LogP contribution in [0.15, 0.2) is 5.16 Å². The standard InChI is InChI=1S/C11H18N2O3S/c1-8-10(17-7-15-8)13-16-11(14)12-9-5-3-2-4-6-9/h8-9H,2-7H2,1H3,(H,12,14). The van der Waals surface area contributed by atoms with Crippen molar-refractivity contribution in [3.05, 3.63) is 0 Å². The average molecular weight is 258 g/mol. The second-order valence-corrected chi connectivity index (χ2v) is 5.30. The summed E-state index contributed by atoms with van der Waals surface area (Å²) >= 11 is 1.46. The summed E-state index contributed by atoms with van der Waals surface area (Å²) in [6, 6.07) is 0.251. The molecule has 2 fully saturated rings. The molecule has 1 saturated carbocycles. The summed E-state index contributed by atoms with van der Waals surface area (Å²) in [6.07, 6.45) is 5.19. The van der Waals surface area contributed by atoms with Crippen LogP contribution < -0.4 is 5.32 Å². The van der Waals surface area contributed by atoms with Crippen molar-refractivity contribution in [2.45, 2.75) is 51.2 Å². The van der Waals surface area contributed by atoms with E-state index in [0.29, 0.717) is 5.94 Å². The van der Waals surface area contributed by atoms with E-state index >= 15 is 0 Å². The molecule has 1 atom stereocenters. The monoisotopic (exact) mass is 258 g/mol. The Morgan fingerprint density at radius 1 is 1.47 bits per heavy atom. The van der Waals surface area contributed by atoms with Crippen LogP contribution >= 0.6 is 11.8 Å². The Balaban J connectivity index is 1.73. The highest BCUT2D eigenvalue weighted by molar-refractivity contribution is 8.14. The van der Waals surface area contributed by atoms with E-state index < -0.39 is 6.09 Å². The van der Waals surface area contributed by atoms with Crippen molar-refractivity contribution in [2.24, 2.45) is 5.16 Å². The van der Waals surface area contributed by atoms with Crippen molar-refractivity contribution in [1.29, 1.82) is 0 Å². The van der Waals surface area contributed by atoms with Crippen molar-refractivity contribution < 1.29 is 14.4 Å². The van der Waals surface area contributed by atoms with Gasteiger partial charge in [0.1, 0.15) is 11.1 Å². The molecule has 0 bridgehead atoms. The van der Waals surface area contributed by atoms with Gasteiger partial charge in [-0.3, -0.25) is 4.84 Å². The summed E-state index contributed by atoms with van der Waals surface area (Å²) in [5.74, 6) is 0.577. The number of carbonyl (C=O) groups excluding carboxylic acids is 1. The van der Waals surface area contributed by atoms with Gasteiger partial charge in [-0.15, -0.1) is 0 Å². The molecule has 0 radical (unpaired) electrons. The van der Waals surface area contributed by atoms with E-state index in [4.69, 9.17) is 9.57 Å². The minimum Gasteiger partial charge on any atom is -0.361 e. The third kappa shape index (κ3) is 3.89. The van der Waals surface area contributed by atoms with Gasteiger partial charge in [-0.1, -0.05) is 36.2 Å². The van der Waals surface area contributed by atoms with Crippen LogP contribution in [-0.2, 0) is 9.57 Å². The fourth-order valence-electron chi connectivity index (χ4n) is 2.01. The number of amides is 1. The van der Waals surface area contributed by atoms with Crippen LogP contribution in [0.3, 0.4) is 0 Å². The van der Waals surface area contributed by atoms with Gasteiger partial charge in [-0.25, -0.2) is 4.79 Å². The van der Waals surface area contributed by atoms with Gasteiger partial charge in [0.15, 0.2) is 0 Å². The molecule has 0 aromatic heterocycles. The van der Waals surface area contributed by atoms with Crippen LogP contribution in [0.25, 0.3) is 0 Å². The first-order valence-electron chi connectivity index (χ1n) is 6.05. The fraction of sp³-hybridized carbons (Fsp3) is 0.818. The van der Waals surface area contributed by atoms with Gasteiger partial charge in [0.2, 0.25) is 0 Å². The van der Waals surface area contributed by atoms with E-state index in [-0.39, 0.29) is 12.1 Å². The molecule has 17 heavy (non-hydrogen) atoms. The Labute approximate surface area is 105 Å². The number of rotatable bonds is 2. The third-order valence-corrected chi connectivity index (χ3v) is 3.97. The lowest BCUT2D eigenvalue weighted by atomic mass is 9.96. The number of carbonyl (C=O) groups is 1. The molecule has 1 amide bonds. The van der Waals surface area contributed by atoms with Crippen molar-refractivity contribution in [2.75, 3.05) is 5.94 Å². The van der Waals surface area contributed by atoms with Crippen molar-refractivity contribution in [3.63, 3.8) is 0 Å². The maximum atomic E-state index is 11.5. The fourth-order valence-corrected chi connectivity index (χ4v) is 2.80. The highest BCUT2D eigenvalue weighted by Crippen LogP contribution is 2.20. The Hall–Kier alpha value is -0.750. The number of nitrogens with one attached hydrogen (secondary N) is 1. The number of nitrogens with zero attached hydrogens (tertiary/aromatic N) is 1. The molecular weight excluding hydrogens is 240 g/mol. The molecule has 1 saturated heterocycles. The molecular formula is C11H18N2O3S. The smallest absolute Gasteiger partial charge is 0.361 e. The van der Waals surface area contributed by atoms with Crippen LogP contribution in [0.2, 0.25) is 0 Å². The summed E-state index contributed by atoms with van der Waals surface area (Å²) in [5.41, 5.74) is 0. The molecule has 6 heteroatoms. The van der Waals surface area contributed by atoms with Crippen LogP contribution in [0.4, 0.5) is 4.79 Å². The van der Waals surface area contributed by atoms with Crippen molar-refractivity contribution in [1.82, 2.24) is 5.32 Å². The molecule has 0 aromatic carbocycles. The molecule has 1 aliphatic carbocycles. The van der Waals surface area contributed by atoms with Crippen LogP contribution in [-0.4, -0.2) is 29.2 Å². The zero-order valence-electron chi connectivity index (χ0n) is 9.98. The summed E-state index contributed by atoms with van der Waals surface area (Å²) in [7, 11) is 0. The molecule has 1 N–H and O–H groups in total. The maximum absolute atomic E-state index is 11.5. The van der Waals surface area contributed by atoms with Gasteiger partial charge in [-0.2, -0.15) is 0 Å². The lowest BCUT2D eigenvalue weighted by molar-refractivity contribution is 0.138. The van der Waals surface area contributed by atoms with Crippen LogP contribution in [0.1, 0.15) is 39.0 Å². The highest BCUT2D eigenvalue weighted by Gasteiger charge is 2.21. The summed E-state index contributed by atoms with van der Waals surface area (Å²) < 4.78 is 5.27. The number of oxime groups is 1. The normalized spacial score (nSPS) is 28.3. The first kappa shape index (κ1) is 12.7. The average Bonchev–Trinajstić information content (AvgIpc) is 2.74. The largest absolute Gasteiger partial charge is 0.433 e. The van der Waals surface area contributed by atoms with Crippen LogP contribution in [0, 0.1) is 0 Å². The summed E-state index contributed by atoms with van der Waals surface area (Å²) in [4.78, 5) is 16.3.